The summed E-state index contributed by atoms with van der Waals surface area (Å²) in [5.41, 5.74) is 0.699. The molecule has 0 aliphatic rings. The summed E-state index contributed by atoms with van der Waals surface area (Å²) in [5.74, 6) is 0. The third kappa shape index (κ3) is 1.94. The summed E-state index contributed by atoms with van der Waals surface area (Å²) >= 11 is 0. The van der Waals surface area contributed by atoms with Gasteiger partial charge in [0.25, 0.3) is 0 Å². The number of hydrogen-bond donors (Lipinski definition) is 0. The Morgan fingerprint density at radius 2 is 2.10 bits per heavy atom. The van der Waals surface area contributed by atoms with Crippen LogP contribution in [-0.2, 0) is 7.05 Å². The van der Waals surface area contributed by atoms with Gasteiger partial charge in [0.1, 0.15) is 11.8 Å². The smallest absolute Gasteiger partial charge is 0.119 e. The van der Waals surface area contributed by atoms with Gasteiger partial charge >= 0.3 is 0 Å². The minimum atomic E-state index is 0.699. The standard InChI is InChI=1S/C6H6N2.C2H6/c1-8-4-2-3-6(8)5-7;1-2/h2-4H,1H3;1-2H3. The van der Waals surface area contributed by atoms with Crippen LogP contribution in [0.5, 0.6) is 0 Å². The second-order valence-electron chi connectivity index (χ2n) is 1.62. The third-order valence-corrected chi connectivity index (χ3v) is 1.06. The Hall–Kier alpha value is -1.23. The monoisotopic (exact) mass is 136 g/mol. The molecule has 0 saturated carbocycles. The first-order valence-corrected chi connectivity index (χ1v) is 3.36. The van der Waals surface area contributed by atoms with Crippen molar-refractivity contribution >= 4 is 0 Å². The Bertz CT molecular complexity index is 217. The van der Waals surface area contributed by atoms with Crippen molar-refractivity contribution in [1.29, 1.82) is 5.26 Å². The minimum absolute atomic E-state index is 0.699. The minimum Gasteiger partial charge on any atom is -0.343 e. The van der Waals surface area contributed by atoms with Crippen LogP contribution in [-0.4, -0.2) is 4.57 Å². The molecule has 54 valence electrons. The summed E-state index contributed by atoms with van der Waals surface area (Å²) in [7, 11) is 1.85. The molecule has 1 heterocycles. The molecule has 0 spiro atoms. The zero-order valence-electron chi connectivity index (χ0n) is 6.63. The highest BCUT2D eigenvalue weighted by atomic mass is 14.9. The first-order valence-electron chi connectivity index (χ1n) is 3.36. The van der Waals surface area contributed by atoms with Gasteiger partial charge in [-0.3, -0.25) is 0 Å². The van der Waals surface area contributed by atoms with Crippen molar-refractivity contribution in [3.8, 4) is 6.07 Å². The molecule has 2 nitrogen and oxygen atoms in total. The summed E-state index contributed by atoms with van der Waals surface area (Å²) in [6.45, 7) is 4.00. The molecule has 0 bridgehead atoms. The van der Waals surface area contributed by atoms with Crippen molar-refractivity contribution < 1.29 is 0 Å². The van der Waals surface area contributed by atoms with Gasteiger partial charge < -0.3 is 4.57 Å². The lowest BCUT2D eigenvalue weighted by Crippen LogP contribution is -1.86. The molecular weight excluding hydrogens is 124 g/mol. The van der Waals surface area contributed by atoms with E-state index in [9.17, 15) is 0 Å². The molecule has 0 aliphatic carbocycles. The molecule has 0 fully saturated rings. The summed E-state index contributed by atoms with van der Waals surface area (Å²) in [4.78, 5) is 0. The lowest BCUT2D eigenvalue weighted by atomic mass is 10.5. The maximum absolute atomic E-state index is 8.34. The zero-order valence-corrected chi connectivity index (χ0v) is 6.63. The molecule has 0 N–H and O–H groups in total. The van der Waals surface area contributed by atoms with Crippen molar-refractivity contribution in [3.63, 3.8) is 0 Å². The van der Waals surface area contributed by atoms with Gasteiger partial charge in [0, 0.05) is 13.2 Å². The van der Waals surface area contributed by atoms with Crippen LogP contribution in [0.15, 0.2) is 18.3 Å². The first-order chi connectivity index (χ1) is 4.84. The Labute approximate surface area is 61.7 Å². The van der Waals surface area contributed by atoms with Crippen LogP contribution < -0.4 is 0 Å². The van der Waals surface area contributed by atoms with E-state index in [1.807, 2.05) is 39.2 Å². The Kier molecular flexibility index (Phi) is 4.06. The Morgan fingerprint density at radius 1 is 1.50 bits per heavy atom. The van der Waals surface area contributed by atoms with E-state index in [4.69, 9.17) is 5.26 Å². The van der Waals surface area contributed by atoms with Crippen LogP contribution in [0.2, 0.25) is 0 Å². The number of aromatic nitrogens is 1. The number of nitriles is 1. The molecule has 0 aliphatic heterocycles. The van der Waals surface area contributed by atoms with E-state index < -0.39 is 0 Å². The molecule has 1 rings (SSSR count). The Balaban J connectivity index is 0.000000371. The van der Waals surface area contributed by atoms with Gasteiger partial charge in [-0.2, -0.15) is 5.26 Å². The van der Waals surface area contributed by atoms with Crippen molar-refractivity contribution in [2.75, 3.05) is 0 Å². The summed E-state index contributed by atoms with van der Waals surface area (Å²) < 4.78 is 1.78. The van der Waals surface area contributed by atoms with Crippen LogP contribution >= 0.6 is 0 Å². The third-order valence-electron chi connectivity index (χ3n) is 1.06. The number of rotatable bonds is 0. The van der Waals surface area contributed by atoms with Gasteiger partial charge in [-0.25, -0.2) is 0 Å². The van der Waals surface area contributed by atoms with Crippen LogP contribution in [0.3, 0.4) is 0 Å². The van der Waals surface area contributed by atoms with E-state index in [0.717, 1.165) is 0 Å². The fraction of sp³-hybridized carbons (Fsp3) is 0.375. The van der Waals surface area contributed by atoms with Crippen LogP contribution in [0.25, 0.3) is 0 Å². The zero-order chi connectivity index (χ0) is 7.98. The van der Waals surface area contributed by atoms with Crippen molar-refractivity contribution in [1.82, 2.24) is 4.57 Å². The van der Waals surface area contributed by atoms with Gasteiger partial charge in [-0.05, 0) is 12.1 Å². The van der Waals surface area contributed by atoms with Gasteiger partial charge in [-0.1, -0.05) is 13.8 Å². The lowest BCUT2D eigenvalue weighted by Gasteiger charge is -1.86. The van der Waals surface area contributed by atoms with Gasteiger partial charge in [0.15, 0.2) is 0 Å². The summed E-state index contributed by atoms with van der Waals surface area (Å²) in [6, 6.07) is 5.66. The van der Waals surface area contributed by atoms with Crippen LogP contribution in [0.4, 0.5) is 0 Å². The molecule has 0 atom stereocenters. The van der Waals surface area contributed by atoms with E-state index in [-0.39, 0.29) is 0 Å². The van der Waals surface area contributed by atoms with Crippen molar-refractivity contribution in [3.05, 3.63) is 24.0 Å². The fourth-order valence-corrected chi connectivity index (χ4v) is 0.577. The molecule has 10 heavy (non-hydrogen) atoms. The van der Waals surface area contributed by atoms with Gasteiger partial charge in [0.2, 0.25) is 0 Å². The van der Waals surface area contributed by atoms with Crippen molar-refractivity contribution in [2.24, 2.45) is 7.05 Å². The number of aryl methyl sites for hydroxylation is 1. The van der Waals surface area contributed by atoms with E-state index in [1.165, 1.54) is 0 Å². The molecule has 0 radical (unpaired) electrons. The molecule has 1 aromatic heterocycles. The fourth-order valence-electron chi connectivity index (χ4n) is 0.577. The maximum Gasteiger partial charge on any atom is 0.119 e. The SMILES string of the molecule is CC.Cn1cccc1C#N. The predicted octanol–water partition coefficient (Wildman–Crippen LogP) is 1.92. The molecule has 2 heteroatoms. The van der Waals surface area contributed by atoms with E-state index >= 15 is 0 Å². The average Bonchev–Trinajstić information content (AvgIpc) is 2.39. The normalized spacial score (nSPS) is 7.40. The van der Waals surface area contributed by atoms with Crippen LogP contribution in [0, 0.1) is 11.3 Å². The summed E-state index contributed by atoms with van der Waals surface area (Å²) in [5, 5.41) is 8.34. The van der Waals surface area contributed by atoms with Gasteiger partial charge in [0.05, 0.1) is 0 Å². The number of hydrogen-bond acceptors (Lipinski definition) is 1. The quantitative estimate of drug-likeness (QED) is 0.535. The number of nitrogens with zero attached hydrogens (tertiary/aromatic N) is 2. The van der Waals surface area contributed by atoms with E-state index in [2.05, 4.69) is 0 Å². The highest BCUT2D eigenvalue weighted by Crippen LogP contribution is 1.94. The lowest BCUT2D eigenvalue weighted by molar-refractivity contribution is 0.908. The topological polar surface area (TPSA) is 28.7 Å². The highest BCUT2D eigenvalue weighted by Gasteiger charge is 1.88. The van der Waals surface area contributed by atoms with Gasteiger partial charge in [-0.15, -0.1) is 0 Å². The predicted molar refractivity (Wildman–Crippen MR) is 41.5 cm³/mol. The van der Waals surface area contributed by atoms with E-state index in [1.54, 1.807) is 10.6 Å². The second kappa shape index (κ2) is 4.63. The maximum atomic E-state index is 8.34. The molecule has 0 amide bonds. The largest absolute Gasteiger partial charge is 0.343 e. The highest BCUT2D eigenvalue weighted by molar-refractivity contribution is 5.21. The molecule has 0 unspecified atom stereocenters. The molecular formula is C8H12N2. The van der Waals surface area contributed by atoms with E-state index in [0.29, 0.717) is 5.69 Å². The molecule has 1 aromatic rings. The second-order valence-corrected chi connectivity index (χ2v) is 1.62. The molecule has 0 saturated heterocycles. The summed E-state index contributed by atoms with van der Waals surface area (Å²) in [6.07, 6.45) is 1.85. The van der Waals surface area contributed by atoms with Crippen LogP contribution in [0.1, 0.15) is 19.5 Å². The Morgan fingerprint density at radius 3 is 2.30 bits per heavy atom. The average molecular weight is 136 g/mol. The first kappa shape index (κ1) is 8.77. The van der Waals surface area contributed by atoms with Crippen molar-refractivity contribution in [2.45, 2.75) is 13.8 Å². The molecule has 0 aromatic carbocycles.